The SMILES string of the molecule is CCCC(=O)c1nc(CC[C@H]2C[C@H]2C#N)nc(N2CCC(COc3cc(-c4ccn(C)c4)cnc3N)CC2)n1. The Kier molecular flexibility index (Phi) is 8.05. The average Bonchev–Trinajstić information content (AvgIpc) is 3.59. The Labute approximate surface area is 229 Å². The van der Waals surface area contributed by atoms with Crippen molar-refractivity contribution in [1.29, 1.82) is 5.26 Å². The first-order chi connectivity index (χ1) is 18.9. The Hall–Kier alpha value is -4.00. The number of rotatable bonds is 11. The van der Waals surface area contributed by atoms with Crippen molar-refractivity contribution in [3.63, 3.8) is 0 Å². The van der Waals surface area contributed by atoms with Crippen LogP contribution in [-0.4, -0.2) is 50.0 Å². The van der Waals surface area contributed by atoms with E-state index < -0.39 is 0 Å². The molecule has 39 heavy (non-hydrogen) atoms. The van der Waals surface area contributed by atoms with Crippen LogP contribution in [0.15, 0.2) is 30.7 Å². The van der Waals surface area contributed by atoms with Crippen LogP contribution in [0.25, 0.3) is 11.1 Å². The maximum absolute atomic E-state index is 12.6. The molecular weight excluding hydrogens is 492 g/mol. The molecule has 2 atom stereocenters. The Bertz CT molecular complexity index is 1360. The summed E-state index contributed by atoms with van der Waals surface area (Å²) in [5, 5.41) is 9.10. The number of pyridine rings is 1. The van der Waals surface area contributed by atoms with Gasteiger partial charge >= 0.3 is 0 Å². The van der Waals surface area contributed by atoms with Gasteiger partial charge in [-0.25, -0.2) is 9.97 Å². The van der Waals surface area contributed by atoms with Crippen molar-refractivity contribution < 1.29 is 9.53 Å². The number of nitrogens with zero attached hydrogens (tertiary/aromatic N) is 7. The minimum absolute atomic E-state index is 0.0454. The molecule has 2 N–H and O–H groups in total. The van der Waals surface area contributed by atoms with Crippen molar-refractivity contribution >= 4 is 17.5 Å². The van der Waals surface area contributed by atoms with E-state index >= 15 is 0 Å². The van der Waals surface area contributed by atoms with Crippen molar-refractivity contribution in [1.82, 2.24) is 24.5 Å². The predicted molar refractivity (Wildman–Crippen MR) is 148 cm³/mol. The molecular formula is C29H36N8O2. The minimum atomic E-state index is -0.0454. The van der Waals surface area contributed by atoms with E-state index in [1.54, 1.807) is 6.20 Å². The molecule has 3 aromatic heterocycles. The number of carbonyl (C=O) groups is 1. The topological polar surface area (TPSA) is 136 Å². The van der Waals surface area contributed by atoms with Gasteiger partial charge in [0.1, 0.15) is 5.82 Å². The van der Waals surface area contributed by atoms with Gasteiger partial charge in [0.2, 0.25) is 11.8 Å². The van der Waals surface area contributed by atoms with Crippen LogP contribution in [0.5, 0.6) is 5.75 Å². The Morgan fingerprint density at radius 1 is 1.23 bits per heavy atom. The third-order valence-corrected chi connectivity index (χ3v) is 7.64. The number of anilines is 2. The number of ether oxygens (including phenoxy) is 1. The van der Waals surface area contributed by atoms with Gasteiger partial charge < -0.3 is 19.9 Å². The first-order valence-corrected chi connectivity index (χ1v) is 13.9. The van der Waals surface area contributed by atoms with Gasteiger partial charge in [0.25, 0.3) is 0 Å². The highest BCUT2D eigenvalue weighted by Gasteiger charge is 2.36. The Morgan fingerprint density at radius 2 is 2.05 bits per heavy atom. The van der Waals surface area contributed by atoms with Gasteiger partial charge in [-0.2, -0.15) is 15.2 Å². The number of aryl methyl sites for hydroxylation is 2. The zero-order valence-corrected chi connectivity index (χ0v) is 22.7. The fraction of sp³-hybridized carbons (Fsp3) is 0.517. The molecule has 10 nitrogen and oxygen atoms in total. The highest BCUT2D eigenvalue weighted by molar-refractivity contribution is 5.92. The van der Waals surface area contributed by atoms with Gasteiger partial charge in [0.15, 0.2) is 17.4 Å². The maximum atomic E-state index is 12.6. The molecule has 1 saturated carbocycles. The molecule has 1 aliphatic carbocycles. The molecule has 2 aliphatic rings. The van der Waals surface area contributed by atoms with Crippen molar-refractivity contribution in [3.8, 4) is 22.9 Å². The number of Topliss-reactive ketones (excluding diaryl/α,β-unsaturated/α-hetero) is 1. The summed E-state index contributed by atoms with van der Waals surface area (Å²) < 4.78 is 8.13. The van der Waals surface area contributed by atoms with E-state index in [2.05, 4.69) is 25.9 Å². The number of aromatic nitrogens is 5. The highest BCUT2D eigenvalue weighted by Crippen LogP contribution is 2.41. The van der Waals surface area contributed by atoms with Crippen LogP contribution < -0.4 is 15.4 Å². The number of hydrogen-bond donors (Lipinski definition) is 1. The number of carbonyl (C=O) groups excluding carboxylic acids is 1. The zero-order valence-electron chi connectivity index (χ0n) is 22.7. The molecule has 3 aromatic rings. The molecule has 2 fully saturated rings. The first-order valence-electron chi connectivity index (χ1n) is 13.9. The second kappa shape index (κ2) is 11.8. The van der Waals surface area contributed by atoms with Gasteiger partial charge in [0, 0.05) is 68.6 Å². The van der Waals surface area contributed by atoms with E-state index in [0.717, 1.165) is 56.3 Å². The molecule has 0 radical (unpaired) electrons. The maximum Gasteiger partial charge on any atom is 0.229 e. The monoisotopic (exact) mass is 528 g/mol. The van der Waals surface area contributed by atoms with E-state index in [1.807, 2.05) is 43.1 Å². The minimum Gasteiger partial charge on any atom is -0.489 e. The second-order valence-electron chi connectivity index (χ2n) is 10.7. The van der Waals surface area contributed by atoms with Crippen molar-refractivity contribution in [2.45, 2.75) is 51.9 Å². The first kappa shape index (κ1) is 26.6. The third-order valence-electron chi connectivity index (χ3n) is 7.64. The summed E-state index contributed by atoms with van der Waals surface area (Å²) in [5.74, 6) is 3.37. The van der Waals surface area contributed by atoms with Crippen molar-refractivity contribution in [2.75, 3.05) is 30.3 Å². The van der Waals surface area contributed by atoms with Crippen LogP contribution in [0.4, 0.5) is 11.8 Å². The lowest BCUT2D eigenvalue weighted by atomic mass is 9.98. The number of nitriles is 1. The summed E-state index contributed by atoms with van der Waals surface area (Å²) >= 11 is 0. The Morgan fingerprint density at radius 3 is 2.74 bits per heavy atom. The van der Waals surface area contributed by atoms with Crippen molar-refractivity contribution in [3.05, 3.63) is 42.4 Å². The highest BCUT2D eigenvalue weighted by atomic mass is 16.5. The van der Waals surface area contributed by atoms with Gasteiger partial charge in [-0.1, -0.05) is 6.92 Å². The second-order valence-corrected chi connectivity index (χ2v) is 10.7. The summed E-state index contributed by atoms with van der Waals surface area (Å²) in [5.41, 5.74) is 8.15. The molecule has 5 rings (SSSR count). The number of hydrogen-bond acceptors (Lipinski definition) is 9. The molecule has 0 aromatic carbocycles. The molecule has 4 heterocycles. The molecule has 1 saturated heterocycles. The smallest absolute Gasteiger partial charge is 0.229 e. The molecule has 0 unspecified atom stereocenters. The van der Waals surface area contributed by atoms with Crippen LogP contribution in [-0.2, 0) is 13.5 Å². The number of ketones is 1. The quantitative estimate of drug-likeness (QED) is 0.363. The van der Waals surface area contributed by atoms with Gasteiger partial charge in [0.05, 0.1) is 12.7 Å². The normalized spacial score (nSPS) is 19.1. The lowest BCUT2D eigenvalue weighted by molar-refractivity contribution is 0.0971. The van der Waals surface area contributed by atoms with Crippen LogP contribution in [0.1, 0.15) is 61.9 Å². The molecule has 1 aliphatic heterocycles. The average molecular weight is 529 g/mol. The van der Waals surface area contributed by atoms with E-state index in [4.69, 9.17) is 20.7 Å². The molecule has 204 valence electrons. The Balaban J connectivity index is 1.20. The summed E-state index contributed by atoms with van der Waals surface area (Å²) in [6.45, 7) is 4.08. The van der Waals surface area contributed by atoms with Gasteiger partial charge in [-0.05, 0) is 56.1 Å². The van der Waals surface area contributed by atoms with E-state index in [-0.39, 0.29) is 17.5 Å². The standard InChI is InChI=1S/C29H36N8O2/c1-3-4-24(38)28-33-26(6-5-20-13-22(20)15-30)34-29(35-28)37-11-7-19(8-12-37)18-39-25-14-23(16-32-27(25)31)21-9-10-36(2)17-21/h9-10,14,16-17,19-20,22H,3-8,11-13,18H2,1-2H3,(H2,31,32)/t20-,22-/m0/s1. The van der Waals surface area contributed by atoms with Gasteiger partial charge in [-0.3, -0.25) is 4.79 Å². The summed E-state index contributed by atoms with van der Waals surface area (Å²) in [6.07, 6.45) is 11.3. The number of piperidine rings is 1. The van der Waals surface area contributed by atoms with Crippen LogP contribution >= 0.6 is 0 Å². The summed E-state index contributed by atoms with van der Waals surface area (Å²) in [6, 6.07) is 6.33. The molecule has 0 bridgehead atoms. The van der Waals surface area contributed by atoms with E-state index in [0.29, 0.717) is 54.6 Å². The number of nitrogens with two attached hydrogens (primary N) is 1. The van der Waals surface area contributed by atoms with Crippen molar-refractivity contribution in [2.24, 2.45) is 24.8 Å². The lowest BCUT2D eigenvalue weighted by Gasteiger charge is -2.32. The van der Waals surface area contributed by atoms with Crippen LogP contribution in [0.2, 0.25) is 0 Å². The molecule has 0 spiro atoms. The van der Waals surface area contributed by atoms with E-state index in [1.165, 1.54) is 0 Å². The van der Waals surface area contributed by atoms with Gasteiger partial charge in [-0.15, -0.1) is 0 Å². The van der Waals surface area contributed by atoms with Crippen LogP contribution in [0, 0.1) is 29.1 Å². The summed E-state index contributed by atoms with van der Waals surface area (Å²) in [7, 11) is 1.98. The largest absolute Gasteiger partial charge is 0.489 e. The zero-order chi connectivity index (χ0) is 27.4. The lowest BCUT2D eigenvalue weighted by Crippen LogP contribution is -2.37. The summed E-state index contributed by atoms with van der Waals surface area (Å²) in [4.78, 5) is 32.9. The molecule has 10 heteroatoms. The predicted octanol–water partition coefficient (Wildman–Crippen LogP) is 4.22. The van der Waals surface area contributed by atoms with E-state index in [9.17, 15) is 4.79 Å². The van der Waals surface area contributed by atoms with Crippen LogP contribution in [0.3, 0.4) is 0 Å². The number of nitrogen functional groups attached to an aromatic ring is 1. The third kappa shape index (κ3) is 6.53. The molecule has 0 amide bonds. The fourth-order valence-electron chi connectivity index (χ4n) is 5.07. The fourth-order valence-corrected chi connectivity index (χ4v) is 5.07.